The highest BCUT2D eigenvalue weighted by Crippen LogP contribution is 2.26. The molecule has 3 N–H and O–H groups in total. The van der Waals surface area contributed by atoms with Crippen LogP contribution < -0.4 is 15.2 Å². The van der Waals surface area contributed by atoms with E-state index in [1.165, 1.54) is 32.1 Å². The first kappa shape index (κ1) is 17.8. The number of hydrogen-bond donors (Lipinski definition) is 2. The van der Waals surface area contributed by atoms with Crippen molar-refractivity contribution in [1.29, 1.82) is 0 Å². The summed E-state index contributed by atoms with van der Waals surface area (Å²) in [6.45, 7) is 4.03. The predicted octanol–water partition coefficient (Wildman–Crippen LogP) is 2.91. The molecule has 0 spiro atoms. The zero-order chi connectivity index (χ0) is 15.9. The quantitative estimate of drug-likeness (QED) is 0.542. The second kappa shape index (κ2) is 8.24. The molecule has 21 heavy (non-hydrogen) atoms. The first-order chi connectivity index (χ1) is 9.90. The van der Waals surface area contributed by atoms with Crippen molar-refractivity contribution in [2.45, 2.75) is 56.9 Å². The highest BCUT2D eigenvalue weighted by atomic mass is 32.2. The summed E-state index contributed by atoms with van der Waals surface area (Å²) in [5.41, 5.74) is 6.12. The Balaban J connectivity index is 2.73. The normalized spacial score (nSPS) is 13.1. The maximum absolute atomic E-state index is 12.4. The van der Waals surface area contributed by atoms with Gasteiger partial charge in [-0.3, -0.25) is 0 Å². The van der Waals surface area contributed by atoms with Gasteiger partial charge in [-0.1, -0.05) is 32.6 Å². The van der Waals surface area contributed by atoms with Gasteiger partial charge < -0.3 is 10.5 Å². The molecule has 0 bridgehead atoms. The van der Waals surface area contributed by atoms with Crippen LogP contribution in [0.2, 0.25) is 0 Å². The number of nitrogen functional groups attached to an aromatic ring is 1. The topological polar surface area (TPSA) is 81.4 Å². The van der Waals surface area contributed by atoms with Crippen molar-refractivity contribution in [3.8, 4) is 5.75 Å². The van der Waals surface area contributed by atoms with Gasteiger partial charge in [0.1, 0.15) is 10.6 Å². The van der Waals surface area contributed by atoms with Gasteiger partial charge in [-0.25, -0.2) is 13.1 Å². The van der Waals surface area contributed by atoms with Gasteiger partial charge in [0.2, 0.25) is 10.0 Å². The lowest BCUT2D eigenvalue weighted by Crippen LogP contribution is -2.32. The third-order valence-electron chi connectivity index (χ3n) is 3.32. The van der Waals surface area contributed by atoms with Crippen LogP contribution in [0, 0.1) is 0 Å². The zero-order valence-corrected chi connectivity index (χ0v) is 13.9. The van der Waals surface area contributed by atoms with Gasteiger partial charge in [-0.05, 0) is 25.5 Å². The maximum Gasteiger partial charge on any atom is 0.244 e. The average Bonchev–Trinajstić information content (AvgIpc) is 2.42. The van der Waals surface area contributed by atoms with E-state index in [9.17, 15) is 8.42 Å². The highest BCUT2D eigenvalue weighted by molar-refractivity contribution is 7.89. The summed E-state index contributed by atoms with van der Waals surface area (Å²) >= 11 is 0. The van der Waals surface area contributed by atoms with Crippen molar-refractivity contribution in [2.75, 3.05) is 12.8 Å². The lowest BCUT2D eigenvalue weighted by molar-refractivity contribution is 0.402. The van der Waals surface area contributed by atoms with E-state index < -0.39 is 10.0 Å². The van der Waals surface area contributed by atoms with Crippen LogP contribution in [-0.4, -0.2) is 21.6 Å². The molecular weight excluding hydrogens is 288 g/mol. The van der Waals surface area contributed by atoms with Crippen LogP contribution in [0.3, 0.4) is 0 Å². The molecule has 0 radical (unpaired) electrons. The fraction of sp³-hybridized carbons (Fsp3) is 0.600. The largest absolute Gasteiger partial charge is 0.495 e. The lowest BCUT2D eigenvalue weighted by Gasteiger charge is -2.16. The standard InChI is InChI=1S/C15H26N2O3S/c1-4-5-6-7-8-12(2)17-21(18,19)15-10-9-13(16)11-14(15)20-3/h9-12,17H,4-8,16H2,1-3H3. The van der Waals surface area contributed by atoms with Crippen molar-refractivity contribution in [3.05, 3.63) is 18.2 Å². The molecule has 0 aliphatic heterocycles. The summed E-state index contributed by atoms with van der Waals surface area (Å²) < 4.78 is 32.6. The Morgan fingerprint density at radius 3 is 2.62 bits per heavy atom. The summed E-state index contributed by atoms with van der Waals surface area (Å²) in [6, 6.07) is 4.44. The van der Waals surface area contributed by atoms with Gasteiger partial charge in [0.25, 0.3) is 0 Å². The number of hydrogen-bond acceptors (Lipinski definition) is 4. The molecule has 120 valence electrons. The Morgan fingerprint density at radius 1 is 1.29 bits per heavy atom. The van der Waals surface area contributed by atoms with E-state index in [2.05, 4.69) is 11.6 Å². The first-order valence-electron chi connectivity index (χ1n) is 7.36. The minimum absolute atomic E-state index is 0.103. The molecule has 1 atom stereocenters. The minimum atomic E-state index is -3.59. The number of sulfonamides is 1. The molecule has 6 heteroatoms. The number of nitrogens with two attached hydrogens (primary N) is 1. The lowest BCUT2D eigenvalue weighted by atomic mass is 10.1. The molecular formula is C15H26N2O3S. The molecule has 1 aromatic carbocycles. The maximum atomic E-state index is 12.4. The van der Waals surface area contributed by atoms with Crippen LogP contribution >= 0.6 is 0 Å². The van der Waals surface area contributed by atoms with E-state index in [0.717, 1.165) is 19.3 Å². The summed E-state index contributed by atoms with van der Waals surface area (Å²) in [7, 11) is -2.16. The summed E-state index contributed by atoms with van der Waals surface area (Å²) in [4.78, 5) is 0.125. The third-order valence-corrected chi connectivity index (χ3v) is 4.95. The van der Waals surface area contributed by atoms with Crippen LogP contribution in [0.15, 0.2) is 23.1 Å². The number of nitrogens with one attached hydrogen (secondary N) is 1. The fourth-order valence-electron chi connectivity index (χ4n) is 2.17. The molecule has 1 aromatic rings. The Hall–Kier alpha value is -1.27. The van der Waals surface area contributed by atoms with Gasteiger partial charge in [0.05, 0.1) is 7.11 Å². The van der Waals surface area contributed by atoms with E-state index in [1.807, 2.05) is 6.92 Å². The summed E-state index contributed by atoms with van der Waals surface area (Å²) in [5.74, 6) is 0.265. The average molecular weight is 314 g/mol. The Kier molecular flexibility index (Phi) is 6.98. The fourth-order valence-corrected chi connectivity index (χ4v) is 3.60. The zero-order valence-electron chi connectivity index (χ0n) is 13.1. The molecule has 5 nitrogen and oxygen atoms in total. The number of rotatable bonds is 9. The molecule has 0 amide bonds. The van der Waals surface area contributed by atoms with Crippen molar-refractivity contribution >= 4 is 15.7 Å². The first-order valence-corrected chi connectivity index (χ1v) is 8.85. The highest BCUT2D eigenvalue weighted by Gasteiger charge is 2.21. The Bertz CT molecular complexity index is 544. The molecule has 0 aliphatic rings. The predicted molar refractivity (Wildman–Crippen MR) is 85.9 cm³/mol. The van der Waals surface area contributed by atoms with Crippen molar-refractivity contribution < 1.29 is 13.2 Å². The molecule has 0 fully saturated rings. The van der Waals surface area contributed by atoms with Gasteiger partial charge >= 0.3 is 0 Å². The van der Waals surface area contributed by atoms with E-state index in [-0.39, 0.29) is 16.7 Å². The van der Waals surface area contributed by atoms with Gasteiger partial charge in [-0.15, -0.1) is 0 Å². The van der Waals surface area contributed by atoms with E-state index in [4.69, 9.17) is 10.5 Å². The monoisotopic (exact) mass is 314 g/mol. The van der Waals surface area contributed by atoms with Crippen LogP contribution in [0.1, 0.15) is 46.0 Å². The third kappa shape index (κ3) is 5.55. The van der Waals surface area contributed by atoms with Crippen molar-refractivity contribution in [2.24, 2.45) is 0 Å². The van der Waals surface area contributed by atoms with Crippen molar-refractivity contribution in [1.82, 2.24) is 4.72 Å². The molecule has 0 heterocycles. The molecule has 1 unspecified atom stereocenters. The molecule has 0 saturated carbocycles. The second-order valence-electron chi connectivity index (χ2n) is 5.28. The van der Waals surface area contributed by atoms with Gasteiger partial charge in [-0.2, -0.15) is 0 Å². The molecule has 0 aliphatic carbocycles. The van der Waals surface area contributed by atoms with E-state index >= 15 is 0 Å². The molecule has 0 aromatic heterocycles. The van der Waals surface area contributed by atoms with Gasteiger partial charge in [0.15, 0.2) is 0 Å². The van der Waals surface area contributed by atoms with Crippen LogP contribution in [0.25, 0.3) is 0 Å². The number of unbranched alkanes of at least 4 members (excludes halogenated alkanes) is 3. The smallest absolute Gasteiger partial charge is 0.244 e. The molecule has 1 rings (SSSR count). The van der Waals surface area contributed by atoms with Crippen LogP contribution in [0.5, 0.6) is 5.75 Å². The Labute approximate surface area is 127 Å². The second-order valence-corrected chi connectivity index (χ2v) is 6.96. The van der Waals surface area contributed by atoms with Crippen molar-refractivity contribution in [3.63, 3.8) is 0 Å². The summed E-state index contributed by atoms with van der Waals surface area (Å²) in [5, 5.41) is 0. The minimum Gasteiger partial charge on any atom is -0.495 e. The summed E-state index contributed by atoms with van der Waals surface area (Å²) in [6.07, 6.45) is 5.34. The number of methoxy groups -OCH3 is 1. The Morgan fingerprint density at radius 2 is 2.00 bits per heavy atom. The van der Waals surface area contributed by atoms with Crippen LogP contribution in [0.4, 0.5) is 5.69 Å². The van der Waals surface area contributed by atoms with Gasteiger partial charge in [0, 0.05) is 17.8 Å². The van der Waals surface area contributed by atoms with Crippen LogP contribution in [-0.2, 0) is 10.0 Å². The van der Waals surface area contributed by atoms with E-state index in [1.54, 1.807) is 6.07 Å². The van der Waals surface area contributed by atoms with E-state index in [0.29, 0.717) is 5.69 Å². The number of benzene rings is 1. The number of ether oxygens (including phenoxy) is 1. The number of anilines is 1. The SMILES string of the molecule is CCCCCCC(C)NS(=O)(=O)c1ccc(N)cc1OC. The molecule has 0 saturated heterocycles.